The maximum absolute atomic E-state index is 12.8. The molecule has 166 valence electrons. The molecule has 5 aromatic rings. The minimum Gasteiger partial charge on any atom is -0.341 e. The van der Waals surface area contributed by atoms with E-state index in [4.69, 9.17) is 0 Å². The van der Waals surface area contributed by atoms with Crippen LogP contribution in [-0.4, -0.2) is 18.9 Å². The van der Waals surface area contributed by atoms with E-state index in [0.717, 1.165) is 34.2 Å². The number of para-hydroxylation sites is 1. The molecule has 6 nitrogen and oxygen atoms in total. The van der Waals surface area contributed by atoms with E-state index in [1.54, 1.807) is 41.8 Å². The molecule has 0 unspecified atom stereocenters. The zero-order chi connectivity index (χ0) is 23.0. The van der Waals surface area contributed by atoms with Gasteiger partial charge in [-0.05, 0) is 66.9 Å². The minimum atomic E-state index is -3.62. The van der Waals surface area contributed by atoms with Gasteiger partial charge in [-0.1, -0.05) is 24.3 Å². The van der Waals surface area contributed by atoms with Gasteiger partial charge in [0.1, 0.15) is 4.21 Å². The standard InChI is InChI=1S/C25H21N3O3S2/c1-2-28-22-7-4-3-6-20(22)21-16-19(13-14-23(21)28)26-25(29)17-9-11-18(12-10-17)27-33(30,31)24-8-5-15-32-24/h3-16,27H,2H2,1H3,(H,26,29). The van der Waals surface area contributed by atoms with Crippen LogP contribution in [0.4, 0.5) is 11.4 Å². The molecular formula is C25H21N3O3S2. The molecule has 0 aliphatic carbocycles. The molecule has 5 rings (SSSR count). The van der Waals surface area contributed by atoms with Gasteiger partial charge in [0.2, 0.25) is 0 Å². The fourth-order valence-corrected chi connectivity index (χ4v) is 6.04. The first-order valence-corrected chi connectivity index (χ1v) is 12.8. The Morgan fingerprint density at radius 3 is 2.33 bits per heavy atom. The first-order chi connectivity index (χ1) is 16.0. The molecular weight excluding hydrogens is 454 g/mol. The first-order valence-electron chi connectivity index (χ1n) is 10.4. The van der Waals surface area contributed by atoms with E-state index in [9.17, 15) is 13.2 Å². The normalized spacial score (nSPS) is 11.7. The highest BCUT2D eigenvalue weighted by atomic mass is 32.2. The molecule has 1 amide bonds. The molecule has 0 saturated heterocycles. The summed E-state index contributed by atoms with van der Waals surface area (Å²) in [6.45, 7) is 2.98. The third kappa shape index (κ3) is 3.99. The molecule has 0 fully saturated rings. The van der Waals surface area contributed by atoms with Crippen LogP contribution in [0.25, 0.3) is 21.8 Å². The Morgan fingerprint density at radius 2 is 1.61 bits per heavy atom. The Hall–Kier alpha value is -3.62. The van der Waals surface area contributed by atoms with Gasteiger partial charge < -0.3 is 9.88 Å². The van der Waals surface area contributed by atoms with Crippen molar-refractivity contribution in [1.29, 1.82) is 0 Å². The molecule has 0 radical (unpaired) electrons. The topological polar surface area (TPSA) is 80.2 Å². The summed E-state index contributed by atoms with van der Waals surface area (Å²) in [5.74, 6) is -0.263. The lowest BCUT2D eigenvalue weighted by Crippen LogP contribution is -2.13. The van der Waals surface area contributed by atoms with Gasteiger partial charge >= 0.3 is 0 Å². The number of amides is 1. The van der Waals surface area contributed by atoms with Crippen molar-refractivity contribution in [3.05, 3.63) is 89.8 Å². The molecule has 8 heteroatoms. The zero-order valence-corrected chi connectivity index (χ0v) is 19.4. The van der Waals surface area contributed by atoms with Crippen LogP contribution in [0.3, 0.4) is 0 Å². The Morgan fingerprint density at radius 1 is 0.879 bits per heavy atom. The summed E-state index contributed by atoms with van der Waals surface area (Å²) in [5, 5.41) is 6.89. The molecule has 0 bridgehead atoms. The van der Waals surface area contributed by atoms with E-state index in [1.807, 2.05) is 30.3 Å². The molecule has 0 atom stereocenters. The molecule has 0 saturated carbocycles. The number of nitrogens with zero attached hydrogens (tertiary/aromatic N) is 1. The number of sulfonamides is 1. The number of aryl methyl sites for hydroxylation is 1. The minimum absolute atomic E-state index is 0.240. The van der Waals surface area contributed by atoms with Crippen LogP contribution in [-0.2, 0) is 16.6 Å². The van der Waals surface area contributed by atoms with Gasteiger partial charge in [-0.2, -0.15) is 0 Å². The molecule has 0 aliphatic heterocycles. The van der Waals surface area contributed by atoms with Crippen molar-refractivity contribution in [2.45, 2.75) is 17.7 Å². The predicted octanol–water partition coefficient (Wildman–Crippen LogP) is 5.93. The number of nitrogens with one attached hydrogen (secondary N) is 2. The predicted molar refractivity (Wildman–Crippen MR) is 135 cm³/mol. The van der Waals surface area contributed by atoms with Gasteiger partial charge in [0.25, 0.3) is 15.9 Å². The van der Waals surface area contributed by atoms with Crippen molar-refractivity contribution in [1.82, 2.24) is 4.57 Å². The van der Waals surface area contributed by atoms with Crippen LogP contribution < -0.4 is 10.0 Å². The Bertz CT molecular complexity index is 1570. The summed E-state index contributed by atoms with van der Waals surface area (Å²) in [7, 11) is -3.62. The fourth-order valence-electron chi connectivity index (χ4n) is 3.99. The molecule has 2 aromatic heterocycles. The van der Waals surface area contributed by atoms with E-state index >= 15 is 0 Å². The van der Waals surface area contributed by atoms with Crippen molar-refractivity contribution in [2.75, 3.05) is 10.0 Å². The lowest BCUT2D eigenvalue weighted by molar-refractivity contribution is 0.102. The van der Waals surface area contributed by atoms with Crippen LogP contribution >= 0.6 is 11.3 Å². The van der Waals surface area contributed by atoms with Gasteiger partial charge in [0.15, 0.2) is 0 Å². The van der Waals surface area contributed by atoms with Crippen molar-refractivity contribution in [2.24, 2.45) is 0 Å². The summed E-state index contributed by atoms with van der Waals surface area (Å²) in [4.78, 5) is 12.8. The van der Waals surface area contributed by atoms with E-state index in [1.165, 1.54) is 5.52 Å². The highest BCUT2D eigenvalue weighted by Crippen LogP contribution is 2.31. The zero-order valence-electron chi connectivity index (χ0n) is 17.8. The van der Waals surface area contributed by atoms with Crippen LogP contribution in [0.15, 0.2) is 88.5 Å². The van der Waals surface area contributed by atoms with Crippen molar-refractivity contribution in [3.63, 3.8) is 0 Å². The average Bonchev–Trinajstić information content (AvgIpc) is 3.46. The molecule has 0 aliphatic rings. The highest BCUT2D eigenvalue weighted by molar-refractivity contribution is 7.94. The van der Waals surface area contributed by atoms with Gasteiger partial charge in [0.05, 0.1) is 0 Å². The Labute approximate surface area is 195 Å². The molecule has 2 N–H and O–H groups in total. The van der Waals surface area contributed by atoms with Crippen LogP contribution in [0.5, 0.6) is 0 Å². The Kier molecular flexibility index (Phi) is 5.39. The van der Waals surface area contributed by atoms with E-state index in [2.05, 4.69) is 33.7 Å². The van der Waals surface area contributed by atoms with Crippen LogP contribution in [0, 0.1) is 0 Å². The second-order valence-corrected chi connectivity index (χ2v) is 10.4. The number of benzene rings is 3. The quantitative estimate of drug-likeness (QED) is 0.319. The second-order valence-electron chi connectivity index (χ2n) is 7.56. The smallest absolute Gasteiger partial charge is 0.271 e. The summed E-state index contributed by atoms with van der Waals surface area (Å²) >= 11 is 1.15. The highest BCUT2D eigenvalue weighted by Gasteiger charge is 2.16. The summed E-state index contributed by atoms with van der Waals surface area (Å²) in [6, 6.07) is 23.7. The maximum atomic E-state index is 12.8. The molecule has 0 spiro atoms. The fraction of sp³-hybridized carbons (Fsp3) is 0.0800. The number of hydrogen-bond acceptors (Lipinski definition) is 4. The number of rotatable bonds is 6. The molecule has 2 heterocycles. The molecule has 3 aromatic carbocycles. The average molecular weight is 476 g/mol. The van der Waals surface area contributed by atoms with E-state index in [0.29, 0.717) is 16.9 Å². The maximum Gasteiger partial charge on any atom is 0.271 e. The van der Waals surface area contributed by atoms with E-state index in [-0.39, 0.29) is 10.1 Å². The third-order valence-corrected chi connectivity index (χ3v) is 8.28. The first kappa shape index (κ1) is 21.2. The van der Waals surface area contributed by atoms with Crippen molar-refractivity contribution in [3.8, 4) is 0 Å². The number of carbonyl (C=O) groups excluding carboxylic acids is 1. The number of carbonyl (C=O) groups is 1. The van der Waals surface area contributed by atoms with Gasteiger partial charge in [-0.15, -0.1) is 11.3 Å². The third-order valence-electron chi connectivity index (χ3n) is 5.51. The van der Waals surface area contributed by atoms with Crippen LogP contribution in [0.1, 0.15) is 17.3 Å². The number of fused-ring (bicyclic) bond motifs is 3. The second kappa shape index (κ2) is 8.38. The number of anilines is 2. The Balaban J connectivity index is 1.37. The van der Waals surface area contributed by atoms with Gasteiger partial charge in [0, 0.05) is 45.3 Å². The monoisotopic (exact) mass is 475 g/mol. The number of thiophene rings is 1. The van der Waals surface area contributed by atoms with Crippen molar-refractivity contribution < 1.29 is 13.2 Å². The van der Waals surface area contributed by atoms with Gasteiger partial charge in [-0.3, -0.25) is 9.52 Å². The number of hydrogen-bond donors (Lipinski definition) is 2. The van der Waals surface area contributed by atoms with Crippen molar-refractivity contribution >= 4 is 60.4 Å². The SMILES string of the molecule is CCn1c2ccccc2c2cc(NC(=O)c3ccc(NS(=O)(=O)c4cccs4)cc3)ccc21. The summed E-state index contributed by atoms with van der Waals surface area (Å²) < 4.78 is 29.8. The largest absolute Gasteiger partial charge is 0.341 e. The lowest BCUT2D eigenvalue weighted by atomic mass is 10.1. The van der Waals surface area contributed by atoms with E-state index < -0.39 is 10.0 Å². The lowest BCUT2D eigenvalue weighted by Gasteiger charge is -2.09. The summed E-state index contributed by atoms with van der Waals surface area (Å²) in [6.07, 6.45) is 0. The molecule has 33 heavy (non-hydrogen) atoms. The van der Waals surface area contributed by atoms with Crippen LogP contribution in [0.2, 0.25) is 0 Å². The summed E-state index contributed by atoms with van der Waals surface area (Å²) in [5.41, 5.74) is 3.83. The van der Waals surface area contributed by atoms with Gasteiger partial charge in [-0.25, -0.2) is 8.42 Å². The number of aromatic nitrogens is 1.